The van der Waals surface area contributed by atoms with Crippen molar-refractivity contribution in [3.8, 4) is 0 Å². The number of nitrogens with one attached hydrogen (secondary N) is 1. The highest BCUT2D eigenvalue weighted by molar-refractivity contribution is 5.81. The van der Waals surface area contributed by atoms with Crippen molar-refractivity contribution in [2.45, 2.75) is 45.7 Å². The van der Waals surface area contributed by atoms with Crippen LogP contribution in [0.1, 0.15) is 33.6 Å². The van der Waals surface area contributed by atoms with E-state index in [4.69, 9.17) is 10.8 Å². The van der Waals surface area contributed by atoms with Gasteiger partial charge in [-0.2, -0.15) is 0 Å². The van der Waals surface area contributed by atoms with Gasteiger partial charge in [0.2, 0.25) is 5.91 Å². The summed E-state index contributed by atoms with van der Waals surface area (Å²) in [6.07, 6.45) is 1.39. The molecule has 0 aromatic heterocycles. The molecule has 0 aliphatic carbocycles. The van der Waals surface area contributed by atoms with Gasteiger partial charge in [-0.3, -0.25) is 4.79 Å². The molecular weight excluding hydrogens is 180 g/mol. The minimum atomic E-state index is -0.462. The zero-order valence-electron chi connectivity index (χ0n) is 9.29. The van der Waals surface area contributed by atoms with E-state index < -0.39 is 6.04 Å². The fourth-order valence-electron chi connectivity index (χ4n) is 1.20. The third kappa shape index (κ3) is 5.19. The number of carbonyl (C=O) groups excluding carboxylic acids is 1. The van der Waals surface area contributed by atoms with Crippen molar-refractivity contribution in [1.82, 2.24) is 5.32 Å². The average Bonchev–Trinajstić information content (AvgIpc) is 2.12. The van der Waals surface area contributed by atoms with Crippen LogP contribution in [0.5, 0.6) is 0 Å². The minimum Gasteiger partial charge on any atom is -0.394 e. The van der Waals surface area contributed by atoms with E-state index in [-0.39, 0.29) is 18.6 Å². The molecule has 0 aliphatic heterocycles. The highest BCUT2D eigenvalue weighted by Gasteiger charge is 2.17. The number of aliphatic hydroxyl groups excluding tert-OH is 1. The molecule has 0 saturated carbocycles. The summed E-state index contributed by atoms with van der Waals surface area (Å²) in [7, 11) is 0. The van der Waals surface area contributed by atoms with Gasteiger partial charge in [0, 0.05) is 0 Å². The van der Waals surface area contributed by atoms with Gasteiger partial charge in [-0.05, 0) is 18.8 Å². The SMILES string of the molecule is CC[C@@H](CO)NC(=O)[C@H](N)CC(C)C. The Balaban J connectivity index is 3.93. The van der Waals surface area contributed by atoms with Crippen molar-refractivity contribution >= 4 is 5.91 Å². The summed E-state index contributed by atoms with van der Waals surface area (Å²) in [6.45, 7) is 5.93. The van der Waals surface area contributed by atoms with Crippen LogP contribution < -0.4 is 11.1 Å². The lowest BCUT2D eigenvalue weighted by Gasteiger charge is -2.18. The zero-order valence-corrected chi connectivity index (χ0v) is 9.29. The summed E-state index contributed by atoms with van der Waals surface area (Å²) in [6, 6.07) is -0.628. The molecule has 0 aliphatic rings. The van der Waals surface area contributed by atoms with Crippen molar-refractivity contribution in [1.29, 1.82) is 0 Å². The summed E-state index contributed by atoms with van der Waals surface area (Å²) in [5.74, 6) is 0.240. The van der Waals surface area contributed by atoms with Crippen molar-refractivity contribution < 1.29 is 9.90 Å². The molecule has 2 atom stereocenters. The number of amides is 1. The fraction of sp³-hybridized carbons (Fsp3) is 0.900. The van der Waals surface area contributed by atoms with Crippen LogP contribution in [0.3, 0.4) is 0 Å². The van der Waals surface area contributed by atoms with E-state index in [1.807, 2.05) is 20.8 Å². The Morgan fingerprint density at radius 1 is 1.50 bits per heavy atom. The number of hydrogen-bond acceptors (Lipinski definition) is 3. The summed E-state index contributed by atoms with van der Waals surface area (Å²) >= 11 is 0. The number of aliphatic hydroxyl groups is 1. The van der Waals surface area contributed by atoms with E-state index in [0.717, 1.165) is 6.42 Å². The summed E-state index contributed by atoms with van der Waals surface area (Å²) < 4.78 is 0. The van der Waals surface area contributed by atoms with Crippen LogP contribution in [-0.4, -0.2) is 29.7 Å². The van der Waals surface area contributed by atoms with Crippen LogP contribution in [0, 0.1) is 5.92 Å². The standard InChI is InChI=1S/C10H22N2O2/c1-4-8(6-13)12-10(14)9(11)5-7(2)3/h7-9,13H,4-6,11H2,1-3H3,(H,12,14)/t8-,9+/m0/s1. The van der Waals surface area contributed by atoms with Crippen LogP contribution >= 0.6 is 0 Å². The van der Waals surface area contributed by atoms with Crippen molar-refractivity contribution in [3.63, 3.8) is 0 Å². The molecule has 0 radical (unpaired) electrons. The second-order valence-corrected chi connectivity index (χ2v) is 4.03. The first-order valence-electron chi connectivity index (χ1n) is 5.18. The van der Waals surface area contributed by atoms with Gasteiger partial charge in [0.25, 0.3) is 0 Å². The topological polar surface area (TPSA) is 75.3 Å². The molecule has 0 rings (SSSR count). The Kier molecular flexibility index (Phi) is 6.49. The first kappa shape index (κ1) is 13.4. The second-order valence-electron chi connectivity index (χ2n) is 4.03. The van der Waals surface area contributed by atoms with Gasteiger partial charge >= 0.3 is 0 Å². The predicted octanol–water partition coefficient (Wildman–Crippen LogP) is 0.247. The lowest BCUT2D eigenvalue weighted by atomic mass is 10.0. The van der Waals surface area contributed by atoms with Crippen molar-refractivity contribution in [2.24, 2.45) is 11.7 Å². The highest BCUT2D eigenvalue weighted by Crippen LogP contribution is 2.03. The van der Waals surface area contributed by atoms with E-state index in [1.54, 1.807) is 0 Å². The molecule has 0 unspecified atom stereocenters. The normalized spacial score (nSPS) is 15.3. The maximum absolute atomic E-state index is 11.5. The molecule has 4 nitrogen and oxygen atoms in total. The fourth-order valence-corrected chi connectivity index (χ4v) is 1.20. The molecule has 0 spiro atoms. The molecule has 0 heterocycles. The van der Waals surface area contributed by atoms with Crippen LogP contribution in [0.25, 0.3) is 0 Å². The van der Waals surface area contributed by atoms with E-state index in [2.05, 4.69) is 5.32 Å². The first-order chi connectivity index (χ1) is 6.51. The summed E-state index contributed by atoms with van der Waals surface area (Å²) in [4.78, 5) is 11.5. The van der Waals surface area contributed by atoms with Crippen LogP contribution in [-0.2, 0) is 4.79 Å². The minimum absolute atomic E-state index is 0.0311. The maximum atomic E-state index is 11.5. The lowest BCUT2D eigenvalue weighted by Crippen LogP contribution is -2.46. The zero-order chi connectivity index (χ0) is 11.1. The van der Waals surface area contributed by atoms with E-state index >= 15 is 0 Å². The van der Waals surface area contributed by atoms with Crippen LogP contribution in [0.4, 0.5) is 0 Å². The molecule has 84 valence electrons. The Morgan fingerprint density at radius 2 is 2.07 bits per heavy atom. The molecule has 0 aromatic carbocycles. The molecular formula is C10H22N2O2. The Hall–Kier alpha value is -0.610. The van der Waals surface area contributed by atoms with E-state index in [1.165, 1.54) is 0 Å². The Bertz CT molecular complexity index is 168. The number of carbonyl (C=O) groups is 1. The molecule has 1 amide bonds. The van der Waals surface area contributed by atoms with Gasteiger partial charge in [0.05, 0.1) is 18.7 Å². The van der Waals surface area contributed by atoms with Crippen LogP contribution in [0.15, 0.2) is 0 Å². The van der Waals surface area contributed by atoms with Gasteiger partial charge in [0.15, 0.2) is 0 Å². The highest BCUT2D eigenvalue weighted by atomic mass is 16.3. The van der Waals surface area contributed by atoms with Gasteiger partial charge in [0.1, 0.15) is 0 Å². The molecule has 0 bridgehead atoms. The number of nitrogens with two attached hydrogens (primary N) is 1. The third-order valence-electron chi connectivity index (χ3n) is 2.12. The van der Waals surface area contributed by atoms with E-state index in [9.17, 15) is 4.79 Å². The van der Waals surface area contributed by atoms with E-state index in [0.29, 0.717) is 12.3 Å². The summed E-state index contributed by atoms with van der Waals surface area (Å²) in [5, 5.41) is 11.6. The van der Waals surface area contributed by atoms with Gasteiger partial charge in [-0.1, -0.05) is 20.8 Å². The molecule has 14 heavy (non-hydrogen) atoms. The molecule has 0 saturated heterocycles. The smallest absolute Gasteiger partial charge is 0.237 e. The summed E-state index contributed by atoms with van der Waals surface area (Å²) in [5.41, 5.74) is 5.68. The Labute approximate surface area is 85.9 Å². The van der Waals surface area contributed by atoms with Crippen LogP contribution in [0.2, 0.25) is 0 Å². The second kappa shape index (κ2) is 6.79. The van der Waals surface area contributed by atoms with Gasteiger partial charge < -0.3 is 16.2 Å². The molecule has 4 N–H and O–H groups in total. The average molecular weight is 202 g/mol. The maximum Gasteiger partial charge on any atom is 0.237 e. The number of rotatable bonds is 6. The largest absolute Gasteiger partial charge is 0.394 e. The van der Waals surface area contributed by atoms with Crippen molar-refractivity contribution in [2.75, 3.05) is 6.61 Å². The molecule has 0 fully saturated rings. The quantitative estimate of drug-likeness (QED) is 0.578. The number of hydrogen-bond donors (Lipinski definition) is 3. The first-order valence-corrected chi connectivity index (χ1v) is 5.18. The Morgan fingerprint density at radius 3 is 2.43 bits per heavy atom. The monoisotopic (exact) mass is 202 g/mol. The van der Waals surface area contributed by atoms with Gasteiger partial charge in [-0.25, -0.2) is 0 Å². The van der Waals surface area contributed by atoms with Crippen molar-refractivity contribution in [3.05, 3.63) is 0 Å². The predicted molar refractivity (Wildman–Crippen MR) is 56.7 cm³/mol. The third-order valence-corrected chi connectivity index (χ3v) is 2.12. The van der Waals surface area contributed by atoms with Gasteiger partial charge in [-0.15, -0.1) is 0 Å². The molecule has 4 heteroatoms. The molecule has 0 aromatic rings. The lowest BCUT2D eigenvalue weighted by molar-refractivity contribution is -0.123.